The Bertz CT molecular complexity index is 603. The Morgan fingerprint density at radius 1 is 1.17 bits per heavy atom. The molecule has 3 nitrogen and oxygen atoms in total. The lowest BCUT2D eigenvalue weighted by atomic mass is 10.1. The highest BCUT2D eigenvalue weighted by atomic mass is 79.9. The number of nitrogen functional groups attached to an aromatic ring is 1. The van der Waals surface area contributed by atoms with Gasteiger partial charge in [0.2, 0.25) is 0 Å². The van der Waals surface area contributed by atoms with Gasteiger partial charge in [-0.25, -0.2) is 0 Å². The quantitative estimate of drug-likeness (QED) is 0.845. The molecule has 0 saturated carbocycles. The van der Waals surface area contributed by atoms with Gasteiger partial charge in [0.05, 0.1) is 5.69 Å². The van der Waals surface area contributed by atoms with Crippen LogP contribution in [-0.4, -0.2) is 4.57 Å². The summed E-state index contributed by atoms with van der Waals surface area (Å²) in [6.45, 7) is 4.57. The number of aryl methyl sites for hydroxylation is 1. The molecule has 4 N–H and O–H groups in total. The molecule has 18 heavy (non-hydrogen) atoms. The number of nitrogens with two attached hydrogens (primary N) is 2. The van der Waals surface area contributed by atoms with E-state index in [-0.39, 0.29) is 0 Å². The SMILES string of the molecule is Cc1cc(N)n(-c2c(Br)cc(Br)cc2CN)c1C. The van der Waals surface area contributed by atoms with Gasteiger partial charge in [0, 0.05) is 21.2 Å². The summed E-state index contributed by atoms with van der Waals surface area (Å²) in [5.74, 6) is 0.725. The molecule has 0 bridgehead atoms. The van der Waals surface area contributed by atoms with Crippen molar-refractivity contribution in [3.05, 3.63) is 44.0 Å². The molecule has 0 saturated heterocycles. The molecule has 2 aromatic rings. The van der Waals surface area contributed by atoms with Crippen molar-refractivity contribution in [2.75, 3.05) is 5.73 Å². The number of hydrogen-bond acceptors (Lipinski definition) is 2. The second-order valence-corrected chi connectivity index (χ2v) is 6.04. The molecule has 1 heterocycles. The van der Waals surface area contributed by atoms with Crippen LogP contribution in [0.4, 0.5) is 5.82 Å². The Morgan fingerprint density at radius 2 is 1.83 bits per heavy atom. The largest absolute Gasteiger partial charge is 0.385 e. The Balaban J connectivity index is 2.78. The van der Waals surface area contributed by atoms with Gasteiger partial charge in [0.1, 0.15) is 5.82 Å². The standard InChI is InChI=1S/C13H15Br2N3/c1-7-3-12(17)18(8(7)2)13-9(6-16)4-10(14)5-11(13)15/h3-5H,6,16-17H2,1-2H3. The number of nitrogens with zero attached hydrogens (tertiary/aromatic N) is 1. The lowest BCUT2D eigenvalue weighted by Gasteiger charge is -2.16. The van der Waals surface area contributed by atoms with E-state index in [4.69, 9.17) is 11.5 Å². The average molecular weight is 373 g/mol. The van der Waals surface area contributed by atoms with Crippen LogP contribution >= 0.6 is 31.9 Å². The van der Waals surface area contributed by atoms with Gasteiger partial charge in [0.15, 0.2) is 0 Å². The average Bonchev–Trinajstić information content (AvgIpc) is 2.54. The summed E-state index contributed by atoms with van der Waals surface area (Å²) < 4.78 is 4.01. The van der Waals surface area contributed by atoms with Crippen LogP contribution in [0.5, 0.6) is 0 Å². The maximum atomic E-state index is 6.09. The van der Waals surface area contributed by atoms with Gasteiger partial charge in [-0.1, -0.05) is 15.9 Å². The second kappa shape index (κ2) is 5.07. The van der Waals surface area contributed by atoms with Gasteiger partial charge < -0.3 is 11.5 Å². The van der Waals surface area contributed by atoms with E-state index >= 15 is 0 Å². The van der Waals surface area contributed by atoms with Crippen LogP contribution in [0.15, 0.2) is 27.1 Å². The van der Waals surface area contributed by atoms with Crippen molar-refractivity contribution >= 4 is 37.7 Å². The van der Waals surface area contributed by atoms with E-state index in [1.165, 1.54) is 5.56 Å². The first kappa shape index (κ1) is 13.6. The third kappa shape index (κ3) is 2.22. The minimum Gasteiger partial charge on any atom is -0.385 e. The molecule has 1 aromatic heterocycles. The van der Waals surface area contributed by atoms with E-state index in [1.807, 2.05) is 22.8 Å². The van der Waals surface area contributed by atoms with Crippen LogP contribution in [0.3, 0.4) is 0 Å². The fourth-order valence-corrected chi connectivity index (χ4v) is 3.57. The molecular weight excluding hydrogens is 358 g/mol. The van der Waals surface area contributed by atoms with E-state index in [0.717, 1.165) is 31.7 Å². The minimum absolute atomic E-state index is 0.462. The molecule has 0 unspecified atom stereocenters. The van der Waals surface area contributed by atoms with Crippen molar-refractivity contribution in [1.82, 2.24) is 4.57 Å². The number of aromatic nitrogens is 1. The third-order valence-corrected chi connectivity index (χ3v) is 4.14. The zero-order valence-corrected chi connectivity index (χ0v) is 13.5. The smallest absolute Gasteiger partial charge is 0.108 e. The summed E-state index contributed by atoms with van der Waals surface area (Å²) >= 11 is 7.07. The maximum absolute atomic E-state index is 6.09. The van der Waals surface area contributed by atoms with Crippen molar-refractivity contribution in [3.8, 4) is 5.69 Å². The zero-order chi connectivity index (χ0) is 13.4. The first-order valence-electron chi connectivity index (χ1n) is 5.58. The molecule has 0 aliphatic carbocycles. The number of anilines is 1. The van der Waals surface area contributed by atoms with Crippen LogP contribution in [0.1, 0.15) is 16.8 Å². The summed E-state index contributed by atoms with van der Waals surface area (Å²) in [4.78, 5) is 0. The number of benzene rings is 1. The van der Waals surface area contributed by atoms with E-state index in [2.05, 4.69) is 45.7 Å². The molecule has 0 aliphatic rings. The van der Waals surface area contributed by atoms with Crippen LogP contribution < -0.4 is 11.5 Å². The predicted molar refractivity (Wildman–Crippen MR) is 82.9 cm³/mol. The van der Waals surface area contributed by atoms with Gasteiger partial charge >= 0.3 is 0 Å². The maximum Gasteiger partial charge on any atom is 0.108 e. The van der Waals surface area contributed by atoms with Gasteiger partial charge in [-0.15, -0.1) is 0 Å². The lowest BCUT2D eigenvalue weighted by Crippen LogP contribution is -2.09. The summed E-state index contributed by atoms with van der Waals surface area (Å²) in [6, 6.07) is 6.00. The Kier molecular flexibility index (Phi) is 3.84. The molecule has 0 atom stereocenters. The van der Waals surface area contributed by atoms with Crippen LogP contribution in [-0.2, 0) is 6.54 Å². The van der Waals surface area contributed by atoms with Crippen LogP contribution in [0.2, 0.25) is 0 Å². The third-order valence-electron chi connectivity index (χ3n) is 3.08. The summed E-state index contributed by atoms with van der Waals surface area (Å²) in [5, 5.41) is 0. The highest BCUT2D eigenvalue weighted by Gasteiger charge is 2.15. The molecule has 0 aliphatic heterocycles. The van der Waals surface area contributed by atoms with Gasteiger partial charge in [-0.3, -0.25) is 4.57 Å². The summed E-state index contributed by atoms with van der Waals surface area (Å²) in [5.41, 5.74) is 16.3. The van der Waals surface area contributed by atoms with Gasteiger partial charge in [-0.2, -0.15) is 0 Å². The van der Waals surface area contributed by atoms with Gasteiger partial charge in [0.25, 0.3) is 0 Å². The first-order chi connectivity index (χ1) is 8.45. The van der Waals surface area contributed by atoms with E-state index < -0.39 is 0 Å². The van der Waals surface area contributed by atoms with Crippen LogP contribution in [0.25, 0.3) is 5.69 Å². The molecule has 0 amide bonds. The highest BCUT2D eigenvalue weighted by Crippen LogP contribution is 2.33. The molecule has 1 aromatic carbocycles. The van der Waals surface area contributed by atoms with Crippen molar-refractivity contribution in [1.29, 1.82) is 0 Å². The van der Waals surface area contributed by atoms with Crippen molar-refractivity contribution < 1.29 is 0 Å². The van der Waals surface area contributed by atoms with Crippen molar-refractivity contribution in [3.63, 3.8) is 0 Å². The molecule has 0 radical (unpaired) electrons. The van der Waals surface area contributed by atoms with Crippen molar-refractivity contribution in [2.45, 2.75) is 20.4 Å². The molecule has 5 heteroatoms. The zero-order valence-electron chi connectivity index (χ0n) is 10.3. The molecule has 2 rings (SSSR count). The monoisotopic (exact) mass is 371 g/mol. The van der Waals surface area contributed by atoms with E-state index in [0.29, 0.717) is 6.54 Å². The summed E-state index contributed by atoms with van der Waals surface area (Å²) in [7, 11) is 0. The molecule has 96 valence electrons. The highest BCUT2D eigenvalue weighted by molar-refractivity contribution is 9.11. The molecule has 0 fully saturated rings. The number of rotatable bonds is 2. The Morgan fingerprint density at radius 3 is 2.33 bits per heavy atom. The minimum atomic E-state index is 0.462. The van der Waals surface area contributed by atoms with Crippen molar-refractivity contribution in [2.24, 2.45) is 5.73 Å². The molecular formula is C13H15Br2N3. The predicted octanol–water partition coefficient (Wildman–Crippen LogP) is 3.66. The fraction of sp³-hybridized carbons (Fsp3) is 0.231. The van der Waals surface area contributed by atoms with E-state index in [9.17, 15) is 0 Å². The second-order valence-electron chi connectivity index (χ2n) is 4.27. The number of halogens is 2. The Hall–Kier alpha value is -0.780. The molecule has 0 spiro atoms. The lowest BCUT2D eigenvalue weighted by molar-refractivity contribution is 0.956. The van der Waals surface area contributed by atoms with E-state index in [1.54, 1.807) is 0 Å². The first-order valence-corrected chi connectivity index (χ1v) is 7.17. The normalized spacial score (nSPS) is 10.9. The Labute approximate surface area is 123 Å². The fourth-order valence-electron chi connectivity index (χ4n) is 2.08. The van der Waals surface area contributed by atoms with Crippen LogP contribution in [0, 0.1) is 13.8 Å². The van der Waals surface area contributed by atoms with Gasteiger partial charge in [-0.05, 0) is 59.1 Å². The summed E-state index contributed by atoms with van der Waals surface area (Å²) in [6.07, 6.45) is 0. The topological polar surface area (TPSA) is 57.0 Å². The number of hydrogen-bond donors (Lipinski definition) is 2.